The zero-order chi connectivity index (χ0) is 20.3. The molecule has 0 aromatic heterocycles. The fourth-order valence-corrected chi connectivity index (χ4v) is 6.69. The lowest BCUT2D eigenvalue weighted by Crippen LogP contribution is -2.59. The fraction of sp³-hybridized carbons (Fsp3) is 0.625. The van der Waals surface area contributed by atoms with Gasteiger partial charge >= 0.3 is 0 Å². The van der Waals surface area contributed by atoms with Gasteiger partial charge in [0.1, 0.15) is 6.04 Å². The van der Waals surface area contributed by atoms with Crippen LogP contribution in [0.2, 0.25) is 0 Å². The van der Waals surface area contributed by atoms with E-state index in [9.17, 15) is 14.4 Å². The second-order valence-electron chi connectivity index (χ2n) is 10.1. The van der Waals surface area contributed by atoms with Gasteiger partial charge in [0.15, 0.2) is 0 Å². The molecule has 4 saturated carbocycles. The van der Waals surface area contributed by atoms with E-state index < -0.39 is 6.04 Å². The number of amides is 3. The lowest BCUT2D eigenvalue weighted by atomic mass is 9.54. The fourth-order valence-electron chi connectivity index (χ4n) is 6.69. The van der Waals surface area contributed by atoms with Gasteiger partial charge < -0.3 is 5.32 Å². The third-order valence-corrected chi connectivity index (χ3v) is 7.67. The molecule has 4 bridgehead atoms. The van der Waals surface area contributed by atoms with Gasteiger partial charge in [-0.1, -0.05) is 26.0 Å². The van der Waals surface area contributed by atoms with Gasteiger partial charge in [-0.3, -0.25) is 19.3 Å². The maximum Gasteiger partial charge on any atom is 0.262 e. The molecule has 0 spiro atoms. The second kappa shape index (κ2) is 6.96. The molecule has 4 fully saturated rings. The number of carbonyl (C=O) groups excluding carboxylic acids is 3. The van der Waals surface area contributed by atoms with Crippen molar-refractivity contribution >= 4 is 17.7 Å². The number of hydrogen-bond donors (Lipinski definition) is 1. The first kappa shape index (κ1) is 18.8. The molecule has 1 atom stereocenters. The molecule has 0 unspecified atom stereocenters. The Morgan fingerprint density at radius 3 is 1.97 bits per heavy atom. The topological polar surface area (TPSA) is 66.5 Å². The zero-order valence-electron chi connectivity index (χ0n) is 17.3. The monoisotopic (exact) mass is 394 g/mol. The molecule has 1 aliphatic heterocycles. The molecule has 1 heterocycles. The van der Waals surface area contributed by atoms with Crippen LogP contribution in [0.1, 0.15) is 73.1 Å². The van der Waals surface area contributed by atoms with Crippen LogP contribution >= 0.6 is 0 Å². The number of imide groups is 1. The minimum absolute atomic E-state index is 0.148. The van der Waals surface area contributed by atoms with Crippen LogP contribution in [0.3, 0.4) is 0 Å². The number of benzene rings is 1. The van der Waals surface area contributed by atoms with E-state index in [1.165, 1.54) is 37.0 Å². The van der Waals surface area contributed by atoms with E-state index in [-0.39, 0.29) is 29.7 Å². The van der Waals surface area contributed by atoms with Crippen molar-refractivity contribution in [3.05, 3.63) is 35.4 Å². The molecule has 154 valence electrons. The summed E-state index contributed by atoms with van der Waals surface area (Å²) in [5.74, 6) is 2.20. The molecule has 0 radical (unpaired) electrons. The van der Waals surface area contributed by atoms with E-state index in [0.717, 1.165) is 11.8 Å². The van der Waals surface area contributed by atoms with Crippen molar-refractivity contribution in [2.45, 2.75) is 64.5 Å². The maximum absolute atomic E-state index is 13.4. The number of nitrogens with zero attached hydrogens (tertiary/aromatic N) is 1. The van der Waals surface area contributed by atoms with E-state index in [1.807, 2.05) is 13.8 Å². The molecule has 5 nitrogen and oxygen atoms in total. The van der Waals surface area contributed by atoms with Crippen LogP contribution in [0, 0.1) is 29.6 Å². The Balaban J connectivity index is 1.38. The summed E-state index contributed by atoms with van der Waals surface area (Å²) < 4.78 is 0. The summed E-state index contributed by atoms with van der Waals surface area (Å²) >= 11 is 0. The number of hydrogen-bond acceptors (Lipinski definition) is 3. The van der Waals surface area contributed by atoms with E-state index >= 15 is 0 Å². The zero-order valence-corrected chi connectivity index (χ0v) is 17.3. The van der Waals surface area contributed by atoms with Crippen LogP contribution in [-0.4, -0.2) is 34.7 Å². The third-order valence-electron chi connectivity index (χ3n) is 7.67. The van der Waals surface area contributed by atoms with E-state index in [2.05, 4.69) is 5.32 Å². The molecule has 3 amide bonds. The average molecular weight is 395 g/mol. The molecular formula is C24H30N2O3. The van der Waals surface area contributed by atoms with Crippen molar-refractivity contribution in [1.29, 1.82) is 0 Å². The SMILES string of the molecule is CC(C)C[C@@H](C(=O)NC1C2CC3CC(C2)CC1C3)N1C(=O)c2ccccc2C1=O. The number of rotatable bonds is 5. The van der Waals surface area contributed by atoms with Gasteiger partial charge in [-0.25, -0.2) is 0 Å². The summed E-state index contributed by atoms with van der Waals surface area (Å²) in [5.41, 5.74) is 0.822. The van der Waals surface area contributed by atoms with E-state index in [4.69, 9.17) is 0 Å². The minimum atomic E-state index is -0.736. The Hall–Kier alpha value is -2.17. The number of carbonyl (C=O) groups is 3. The molecular weight excluding hydrogens is 364 g/mol. The molecule has 1 N–H and O–H groups in total. The van der Waals surface area contributed by atoms with Gasteiger partial charge in [0.2, 0.25) is 5.91 Å². The van der Waals surface area contributed by atoms with E-state index in [1.54, 1.807) is 24.3 Å². The van der Waals surface area contributed by atoms with Crippen molar-refractivity contribution in [2.75, 3.05) is 0 Å². The highest BCUT2D eigenvalue weighted by Gasteiger charge is 2.50. The normalized spacial score (nSPS) is 33.3. The Labute approximate surface area is 172 Å². The van der Waals surface area contributed by atoms with Gasteiger partial charge in [-0.2, -0.15) is 0 Å². The average Bonchev–Trinajstić information content (AvgIpc) is 2.93. The summed E-state index contributed by atoms with van der Waals surface area (Å²) in [5, 5.41) is 3.33. The Morgan fingerprint density at radius 2 is 1.48 bits per heavy atom. The van der Waals surface area contributed by atoms with Crippen LogP contribution in [-0.2, 0) is 4.79 Å². The van der Waals surface area contributed by atoms with Gasteiger partial charge in [0.25, 0.3) is 11.8 Å². The third kappa shape index (κ3) is 3.10. The molecule has 1 aromatic carbocycles. The first-order chi connectivity index (χ1) is 13.9. The summed E-state index contributed by atoms with van der Waals surface area (Å²) in [4.78, 5) is 40.7. The maximum atomic E-state index is 13.4. The largest absolute Gasteiger partial charge is 0.351 e. The van der Waals surface area contributed by atoms with Crippen LogP contribution < -0.4 is 5.32 Å². The van der Waals surface area contributed by atoms with Crippen LogP contribution in [0.4, 0.5) is 0 Å². The van der Waals surface area contributed by atoms with Crippen LogP contribution in [0.15, 0.2) is 24.3 Å². The van der Waals surface area contributed by atoms with Crippen molar-refractivity contribution in [3.63, 3.8) is 0 Å². The second-order valence-corrected chi connectivity index (χ2v) is 10.1. The van der Waals surface area contributed by atoms with Crippen molar-refractivity contribution in [3.8, 4) is 0 Å². The molecule has 5 heteroatoms. The Morgan fingerprint density at radius 1 is 0.966 bits per heavy atom. The van der Waals surface area contributed by atoms with E-state index in [0.29, 0.717) is 29.4 Å². The van der Waals surface area contributed by atoms with Gasteiger partial charge in [0.05, 0.1) is 11.1 Å². The lowest BCUT2D eigenvalue weighted by molar-refractivity contribution is -0.129. The lowest BCUT2D eigenvalue weighted by Gasteiger charge is -2.54. The van der Waals surface area contributed by atoms with Gasteiger partial charge in [-0.05, 0) is 80.2 Å². The number of nitrogens with one attached hydrogen (secondary N) is 1. The predicted octanol–water partition coefficient (Wildman–Crippen LogP) is 3.64. The Bertz CT molecular complexity index is 798. The predicted molar refractivity (Wildman–Crippen MR) is 109 cm³/mol. The van der Waals surface area contributed by atoms with Crippen LogP contribution in [0.5, 0.6) is 0 Å². The standard InChI is InChI=1S/C24H30N2O3/c1-13(2)7-20(26-23(28)18-5-3-4-6-19(18)24(26)29)22(27)25-21-16-9-14-8-15(11-16)12-17(21)10-14/h3-6,13-17,20-21H,7-12H2,1-2H3,(H,25,27)/t14?,15?,16?,17?,20-,21?/m0/s1. The highest BCUT2D eigenvalue weighted by Crippen LogP contribution is 2.53. The molecule has 5 aliphatic rings. The summed E-state index contributed by atoms with van der Waals surface area (Å²) in [6.45, 7) is 4.06. The highest BCUT2D eigenvalue weighted by atomic mass is 16.2. The molecule has 29 heavy (non-hydrogen) atoms. The van der Waals surface area contributed by atoms with Gasteiger partial charge in [0, 0.05) is 6.04 Å². The first-order valence-electron chi connectivity index (χ1n) is 11.2. The highest BCUT2D eigenvalue weighted by molar-refractivity contribution is 6.22. The number of fused-ring (bicyclic) bond motifs is 1. The molecule has 6 rings (SSSR count). The van der Waals surface area contributed by atoms with Gasteiger partial charge in [-0.15, -0.1) is 0 Å². The van der Waals surface area contributed by atoms with Crippen molar-refractivity contribution < 1.29 is 14.4 Å². The van der Waals surface area contributed by atoms with Crippen molar-refractivity contribution in [2.24, 2.45) is 29.6 Å². The summed E-state index contributed by atoms with van der Waals surface area (Å²) in [6, 6.07) is 6.36. The quantitative estimate of drug-likeness (QED) is 0.776. The first-order valence-corrected chi connectivity index (χ1v) is 11.2. The summed E-state index contributed by atoms with van der Waals surface area (Å²) in [6.07, 6.45) is 6.75. The molecule has 0 saturated heterocycles. The smallest absolute Gasteiger partial charge is 0.262 e. The van der Waals surface area contributed by atoms with Crippen molar-refractivity contribution in [1.82, 2.24) is 10.2 Å². The molecule has 1 aromatic rings. The molecule has 4 aliphatic carbocycles. The minimum Gasteiger partial charge on any atom is -0.351 e. The Kier molecular flexibility index (Phi) is 4.52. The summed E-state index contributed by atoms with van der Waals surface area (Å²) in [7, 11) is 0. The van der Waals surface area contributed by atoms with Crippen LogP contribution in [0.25, 0.3) is 0 Å².